The van der Waals surface area contributed by atoms with Crippen LogP contribution in [0.3, 0.4) is 0 Å². The number of rotatable bonds is 4. The molecule has 0 spiro atoms. The monoisotopic (exact) mass is 290 g/mol. The number of nitro benzene ring substituents is 1. The zero-order valence-corrected chi connectivity index (χ0v) is 10.5. The van der Waals surface area contributed by atoms with Gasteiger partial charge >= 0.3 is 5.69 Å². The Hall–Kier alpha value is -3.01. The Kier molecular flexibility index (Phi) is 4.09. The molecule has 0 aliphatic rings. The summed E-state index contributed by atoms with van der Waals surface area (Å²) >= 11 is 0. The first-order valence-corrected chi connectivity index (χ1v) is 5.76. The molecule has 5 nitrogen and oxygen atoms in total. The van der Waals surface area contributed by atoms with Gasteiger partial charge in [0.05, 0.1) is 10.5 Å². The number of halogens is 2. The van der Waals surface area contributed by atoms with Crippen LogP contribution in [0.25, 0.3) is 0 Å². The molecule has 0 heterocycles. The highest BCUT2D eigenvalue weighted by molar-refractivity contribution is 5.37. The van der Waals surface area contributed by atoms with E-state index in [9.17, 15) is 18.9 Å². The van der Waals surface area contributed by atoms with E-state index in [4.69, 9.17) is 10.00 Å². The fraction of sp³-hybridized carbons (Fsp3) is 0.0714. The van der Waals surface area contributed by atoms with Crippen molar-refractivity contribution < 1.29 is 18.4 Å². The molecule has 0 fully saturated rings. The van der Waals surface area contributed by atoms with E-state index in [1.54, 1.807) is 6.07 Å². The number of hydrogen-bond acceptors (Lipinski definition) is 4. The number of nitro groups is 1. The molecule has 2 rings (SSSR count). The van der Waals surface area contributed by atoms with Crippen molar-refractivity contribution in [2.24, 2.45) is 0 Å². The SMILES string of the molecule is N#Cc1ccc(OCc2ccc([N+](=O)[O-])c(F)c2)cc1F. The van der Waals surface area contributed by atoms with Gasteiger partial charge in [-0.2, -0.15) is 9.65 Å². The molecule has 0 unspecified atom stereocenters. The summed E-state index contributed by atoms with van der Waals surface area (Å²) in [5.74, 6) is -1.51. The smallest absolute Gasteiger partial charge is 0.304 e. The van der Waals surface area contributed by atoms with Crippen LogP contribution in [0.4, 0.5) is 14.5 Å². The topological polar surface area (TPSA) is 76.2 Å². The Balaban J connectivity index is 2.10. The molecule has 7 heteroatoms. The van der Waals surface area contributed by atoms with Crippen LogP contribution in [-0.4, -0.2) is 4.92 Å². The minimum Gasteiger partial charge on any atom is -0.489 e. The van der Waals surface area contributed by atoms with E-state index in [1.165, 1.54) is 18.2 Å². The average Bonchev–Trinajstić information content (AvgIpc) is 2.45. The van der Waals surface area contributed by atoms with Crippen LogP contribution < -0.4 is 4.74 Å². The van der Waals surface area contributed by atoms with Crippen LogP contribution in [0.15, 0.2) is 36.4 Å². The first kappa shape index (κ1) is 14.4. The van der Waals surface area contributed by atoms with Crippen molar-refractivity contribution >= 4 is 5.69 Å². The lowest BCUT2D eigenvalue weighted by Crippen LogP contribution is -1.99. The van der Waals surface area contributed by atoms with Gasteiger partial charge in [0, 0.05) is 12.1 Å². The van der Waals surface area contributed by atoms with Crippen molar-refractivity contribution in [1.82, 2.24) is 0 Å². The lowest BCUT2D eigenvalue weighted by Gasteiger charge is -2.07. The second-order valence-electron chi connectivity index (χ2n) is 4.09. The Labute approximate surface area is 118 Å². The molecule has 0 atom stereocenters. The third kappa shape index (κ3) is 3.30. The quantitative estimate of drug-likeness (QED) is 0.639. The number of benzene rings is 2. The van der Waals surface area contributed by atoms with Crippen LogP contribution >= 0.6 is 0 Å². The van der Waals surface area contributed by atoms with E-state index in [-0.39, 0.29) is 17.9 Å². The van der Waals surface area contributed by atoms with Crippen molar-refractivity contribution in [2.75, 3.05) is 0 Å². The molecular weight excluding hydrogens is 282 g/mol. The van der Waals surface area contributed by atoms with Gasteiger partial charge in [-0.1, -0.05) is 0 Å². The number of nitrogens with zero attached hydrogens (tertiary/aromatic N) is 2. The van der Waals surface area contributed by atoms with Crippen molar-refractivity contribution in [3.63, 3.8) is 0 Å². The first-order valence-electron chi connectivity index (χ1n) is 5.76. The van der Waals surface area contributed by atoms with E-state index < -0.39 is 22.2 Å². The van der Waals surface area contributed by atoms with Gasteiger partial charge in [-0.05, 0) is 29.8 Å². The third-order valence-electron chi connectivity index (χ3n) is 2.68. The maximum Gasteiger partial charge on any atom is 0.304 e. The normalized spacial score (nSPS) is 9.95. The minimum atomic E-state index is -0.966. The fourth-order valence-corrected chi connectivity index (χ4v) is 1.63. The van der Waals surface area contributed by atoms with Gasteiger partial charge in [0.25, 0.3) is 0 Å². The van der Waals surface area contributed by atoms with Gasteiger partial charge in [-0.15, -0.1) is 0 Å². The molecule has 0 bridgehead atoms. The van der Waals surface area contributed by atoms with Gasteiger partial charge in [0.1, 0.15) is 24.2 Å². The molecule has 0 aliphatic carbocycles. The maximum atomic E-state index is 13.4. The van der Waals surface area contributed by atoms with Gasteiger partial charge < -0.3 is 4.74 Å². The Bertz CT molecular complexity index is 741. The lowest BCUT2D eigenvalue weighted by atomic mass is 10.2. The Morgan fingerprint density at radius 1 is 1.19 bits per heavy atom. The molecule has 0 aromatic heterocycles. The average molecular weight is 290 g/mol. The van der Waals surface area contributed by atoms with Crippen molar-refractivity contribution in [1.29, 1.82) is 5.26 Å². The summed E-state index contributed by atoms with van der Waals surface area (Å²) < 4.78 is 32.0. The summed E-state index contributed by atoms with van der Waals surface area (Å²) in [7, 11) is 0. The molecule has 0 aliphatic heterocycles. The van der Waals surface area contributed by atoms with Crippen LogP contribution in [0.2, 0.25) is 0 Å². The second kappa shape index (κ2) is 5.96. The minimum absolute atomic E-state index is 0.0831. The number of hydrogen-bond donors (Lipinski definition) is 0. The highest BCUT2D eigenvalue weighted by Gasteiger charge is 2.14. The Morgan fingerprint density at radius 3 is 2.52 bits per heavy atom. The van der Waals surface area contributed by atoms with Crippen LogP contribution in [-0.2, 0) is 6.61 Å². The van der Waals surface area contributed by atoms with Gasteiger partial charge in [-0.25, -0.2) is 4.39 Å². The maximum absolute atomic E-state index is 13.4. The summed E-state index contributed by atoms with van der Waals surface area (Å²) in [5, 5.41) is 19.1. The van der Waals surface area contributed by atoms with Crippen molar-refractivity contribution in [3.8, 4) is 11.8 Å². The zero-order chi connectivity index (χ0) is 15.4. The van der Waals surface area contributed by atoms with Crippen molar-refractivity contribution in [2.45, 2.75) is 6.61 Å². The zero-order valence-electron chi connectivity index (χ0n) is 10.5. The molecule has 0 radical (unpaired) electrons. The molecule has 2 aromatic rings. The second-order valence-corrected chi connectivity index (χ2v) is 4.09. The molecule has 106 valence electrons. The van der Waals surface area contributed by atoms with E-state index >= 15 is 0 Å². The molecule has 2 aromatic carbocycles. The summed E-state index contributed by atoms with van der Waals surface area (Å²) in [5.41, 5.74) is -0.366. The molecule has 0 N–H and O–H groups in total. The summed E-state index contributed by atoms with van der Waals surface area (Å²) in [6.45, 7) is -0.0831. The van der Waals surface area contributed by atoms with E-state index in [0.717, 1.165) is 18.2 Å². The number of ether oxygens (including phenoxy) is 1. The fourth-order valence-electron chi connectivity index (χ4n) is 1.63. The first-order chi connectivity index (χ1) is 10.0. The van der Waals surface area contributed by atoms with Crippen molar-refractivity contribution in [3.05, 3.63) is 69.3 Å². The van der Waals surface area contributed by atoms with Gasteiger partial charge in [0.15, 0.2) is 0 Å². The predicted molar refractivity (Wildman–Crippen MR) is 68.5 cm³/mol. The summed E-state index contributed by atoms with van der Waals surface area (Å²) in [6, 6.07) is 8.76. The largest absolute Gasteiger partial charge is 0.489 e. The Morgan fingerprint density at radius 2 is 1.95 bits per heavy atom. The molecule has 0 saturated carbocycles. The molecular formula is C14H8F2N2O3. The van der Waals surface area contributed by atoms with Crippen LogP contribution in [0.1, 0.15) is 11.1 Å². The van der Waals surface area contributed by atoms with E-state index in [0.29, 0.717) is 5.56 Å². The lowest BCUT2D eigenvalue weighted by molar-refractivity contribution is -0.387. The molecule has 21 heavy (non-hydrogen) atoms. The van der Waals surface area contributed by atoms with Gasteiger partial charge in [0.2, 0.25) is 5.82 Å². The molecule has 0 amide bonds. The van der Waals surface area contributed by atoms with Gasteiger partial charge in [-0.3, -0.25) is 10.1 Å². The van der Waals surface area contributed by atoms with E-state index in [1.807, 2.05) is 0 Å². The van der Waals surface area contributed by atoms with Crippen LogP contribution in [0, 0.1) is 33.1 Å². The highest BCUT2D eigenvalue weighted by Crippen LogP contribution is 2.20. The number of nitriles is 1. The van der Waals surface area contributed by atoms with Crippen LogP contribution in [0.5, 0.6) is 5.75 Å². The third-order valence-corrected chi connectivity index (χ3v) is 2.68. The predicted octanol–water partition coefficient (Wildman–Crippen LogP) is 3.32. The highest BCUT2D eigenvalue weighted by atomic mass is 19.1. The molecule has 0 saturated heterocycles. The standard InChI is InChI=1S/C14H8F2N2O3/c15-12-6-11(3-2-10(12)7-17)21-8-9-1-4-14(18(19)20)13(16)5-9/h1-6H,8H2. The summed E-state index contributed by atoms with van der Waals surface area (Å²) in [6.07, 6.45) is 0. The van der Waals surface area contributed by atoms with E-state index in [2.05, 4.69) is 0 Å². The summed E-state index contributed by atoms with van der Waals surface area (Å²) in [4.78, 5) is 9.65.